The summed E-state index contributed by atoms with van der Waals surface area (Å²) in [6, 6.07) is 0. The molecule has 0 spiro atoms. The minimum Gasteiger partial charge on any atom is -0.478 e. The molecule has 1 rings (SSSR count). The monoisotopic (exact) mass is 336 g/mol. The Labute approximate surface area is 141 Å². The van der Waals surface area contributed by atoms with Crippen LogP contribution in [0.15, 0.2) is 0 Å². The van der Waals surface area contributed by atoms with Gasteiger partial charge in [-0.15, -0.1) is 0 Å². The molecule has 0 amide bonds. The van der Waals surface area contributed by atoms with Crippen molar-refractivity contribution in [2.24, 2.45) is 0 Å². The molecule has 0 heterocycles. The molecule has 1 aromatic carbocycles. The third-order valence-corrected chi connectivity index (χ3v) is 3.99. The van der Waals surface area contributed by atoms with Crippen molar-refractivity contribution in [3.05, 3.63) is 33.4 Å². The first-order valence-electron chi connectivity index (χ1n) is 7.86. The van der Waals surface area contributed by atoms with Gasteiger partial charge in [-0.25, -0.2) is 14.4 Å². The fourth-order valence-electron chi connectivity index (χ4n) is 3.26. The lowest BCUT2D eigenvalue weighted by Crippen LogP contribution is -2.23. The van der Waals surface area contributed by atoms with Crippen LogP contribution in [0, 0.1) is 0 Å². The maximum atomic E-state index is 11.9. The molecule has 1 aromatic rings. The molecule has 0 atom stereocenters. The minimum absolute atomic E-state index is 0.0699. The van der Waals surface area contributed by atoms with Gasteiger partial charge in [0, 0.05) is 0 Å². The third kappa shape index (κ3) is 3.27. The van der Waals surface area contributed by atoms with Crippen molar-refractivity contribution in [1.82, 2.24) is 0 Å². The predicted octanol–water partition coefficient (Wildman–Crippen LogP) is 4.15. The lowest BCUT2D eigenvalue weighted by atomic mass is 9.76. The molecule has 0 unspecified atom stereocenters. The zero-order valence-electron chi connectivity index (χ0n) is 14.8. The number of hydrogen-bond donors (Lipinski definition) is 3. The van der Waals surface area contributed by atoms with Crippen LogP contribution in [0.1, 0.15) is 107 Å². The zero-order valence-corrected chi connectivity index (χ0v) is 14.8. The van der Waals surface area contributed by atoms with E-state index in [1.54, 1.807) is 41.5 Å². The van der Waals surface area contributed by atoms with Crippen LogP contribution >= 0.6 is 0 Å². The number of hydrogen-bond acceptors (Lipinski definition) is 3. The van der Waals surface area contributed by atoms with E-state index in [0.29, 0.717) is 5.56 Å². The summed E-state index contributed by atoms with van der Waals surface area (Å²) in [6.07, 6.45) is 0. The first-order valence-corrected chi connectivity index (χ1v) is 7.86. The van der Waals surface area contributed by atoms with Gasteiger partial charge in [-0.2, -0.15) is 0 Å². The van der Waals surface area contributed by atoms with Gasteiger partial charge < -0.3 is 15.3 Å². The maximum absolute atomic E-state index is 11.9. The molecule has 0 fully saturated rings. The molecule has 3 N–H and O–H groups in total. The van der Waals surface area contributed by atoms with Crippen LogP contribution in [0.2, 0.25) is 0 Å². The van der Waals surface area contributed by atoms with Crippen molar-refractivity contribution in [3.63, 3.8) is 0 Å². The van der Waals surface area contributed by atoms with Crippen molar-refractivity contribution in [2.45, 2.75) is 59.3 Å². The fraction of sp³-hybridized carbons (Fsp3) is 0.500. The first kappa shape index (κ1) is 19.7. The van der Waals surface area contributed by atoms with Crippen LogP contribution < -0.4 is 0 Å². The van der Waals surface area contributed by atoms with Crippen LogP contribution in [-0.2, 0) is 0 Å². The standard InChI is InChI=1S/C18H24O6/c1-7(2)10-11(8(3)4)14(17(21)22)15(18(23)24)12(9(5)6)13(10)16(19)20/h7-9H,1-6H3,(H,19,20)(H,21,22)(H,23,24). The number of aromatic carboxylic acids is 3. The van der Waals surface area contributed by atoms with E-state index in [-0.39, 0.29) is 34.1 Å². The average Bonchev–Trinajstić information content (AvgIpc) is 2.42. The second kappa shape index (κ2) is 7.03. The Morgan fingerprint density at radius 1 is 0.542 bits per heavy atom. The van der Waals surface area contributed by atoms with Crippen molar-refractivity contribution in [2.75, 3.05) is 0 Å². The molecule has 132 valence electrons. The zero-order chi connectivity index (χ0) is 18.9. The van der Waals surface area contributed by atoms with Gasteiger partial charge in [0.25, 0.3) is 0 Å². The van der Waals surface area contributed by atoms with E-state index < -0.39 is 29.4 Å². The Bertz CT molecular complexity index is 698. The molecule has 0 aromatic heterocycles. The van der Waals surface area contributed by atoms with Gasteiger partial charge >= 0.3 is 17.9 Å². The first-order chi connectivity index (χ1) is 10.9. The number of carboxylic acids is 3. The molecule has 0 aliphatic carbocycles. The van der Waals surface area contributed by atoms with Gasteiger partial charge in [0.15, 0.2) is 0 Å². The lowest BCUT2D eigenvalue weighted by molar-refractivity contribution is 0.0645. The van der Waals surface area contributed by atoms with E-state index in [1.165, 1.54) is 0 Å². The van der Waals surface area contributed by atoms with Crippen LogP contribution in [0.3, 0.4) is 0 Å². The Balaban J connectivity index is 4.37. The van der Waals surface area contributed by atoms with Crippen molar-refractivity contribution in [1.29, 1.82) is 0 Å². The molecule has 6 nitrogen and oxygen atoms in total. The summed E-state index contributed by atoms with van der Waals surface area (Å²) in [5.74, 6) is -5.03. The Morgan fingerprint density at radius 2 is 0.792 bits per heavy atom. The molecule has 0 bridgehead atoms. The Hall–Kier alpha value is -2.37. The van der Waals surface area contributed by atoms with Gasteiger partial charge in [-0.1, -0.05) is 41.5 Å². The summed E-state index contributed by atoms with van der Waals surface area (Å²) in [4.78, 5) is 35.6. The fourth-order valence-corrected chi connectivity index (χ4v) is 3.26. The highest BCUT2D eigenvalue weighted by Crippen LogP contribution is 2.40. The largest absolute Gasteiger partial charge is 0.478 e. The minimum atomic E-state index is -1.42. The van der Waals surface area contributed by atoms with Crippen LogP contribution in [0.25, 0.3) is 0 Å². The third-order valence-electron chi connectivity index (χ3n) is 3.99. The van der Waals surface area contributed by atoms with Gasteiger partial charge in [0.2, 0.25) is 0 Å². The molecule has 24 heavy (non-hydrogen) atoms. The second-order valence-electron chi connectivity index (χ2n) is 6.75. The molecule has 0 aliphatic heterocycles. The van der Waals surface area contributed by atoms with Gasteiger partial charge in [0.05, 0.1) is 16.7 Å². The Morgan fingerprint density at radius 3 is 1.04 bits per heavy atom. The highest BCUT2D eigenvalue weighted by atomic mass is 16.4. The van der Waals surface area contributed by atoms with Crippen molar-refractivity contribution >= 4 is 17.9 Å². The van der Waals surface area contributed by atoms with E-state index >= 15 is 0 Å². The topological polar surface area (TPSA) is 112 Å². The van der Waals surface area contributed by atoms with Crippen molar-refractivity contribution in [3.8, 4) is 0 Å². The summed E-state index contributed by atoms with van der Waals surface area (Å²) < 4.78 is 0. The van der Waals surface area contributed by atoms with Crippen LogP contribution in [0.5, 0.6) is 0 Å². The van der Waals surface area contributed by atoms with Crippen LogP contribution in [-0.4, -0.2) is 33.2 Å². The number of carbonyl (C=O) groups is 3. The molecule has 0 radical (unpaired) electrons. The SMILES string of the molecule is CC(C)c1c(C(=O)O)c(C(=O)O)c(C(C)C)c(C(C)C)c1C(=O)O. The summed E-state index contributed by atoms with van der Waals surface area (Å²) in [7, 11) is 0. The highest BCUT2D eigenvalue weighted by molar-refractivity contribution is 6.08. The van der Waals surface area contributed by atoms with Gasteiger partial charge in [-0.3, -0.25) is 0 Å². The van der Waals surface area contributed by atoms with Gasteiger partial charge in [-0.05, 0) is 34.4 Å². The summed E-state index contributed by atoms with van der Waals surface area (Å²) in [6.45, 7) is 10.4. The molecular formula is C18H24O6. The van der Waals surface area contributed by atoms with E-state index in [4.69, 9.17) is 0 Å². The maximum Gasteiger partial charge on any atom is 0.336 e. The van der Waals surface area contributed by atoms with E-state index in [0.717, 1.165) is 0 Å². The summed E-state index contributed by atoms with van der Waals surface area (Å²) in [5, 5.41) is 29.1. The molecule has 0 saturated heterocycles. The van der Waals surface area contributed by atoms with E-state index in [9.17, 15) is 29.7 Å². The normalized spacial score (nSPS) is 11.4. The predicted molar refractivity (Wildman–Crippen MR) is 89.6 cm³/mol. The quantitative estimate of drug-likeness (QED) is 0.719. The summed E-state index contributed by atoms with van der Waals surface area (Å²) >= 11 is 0. The smallest absolute Gasteiger partial charge is 0.336 e. The average molecular weight is 336 g/mol. The van der Waals surface area contributed by atoms with Gasteiger partial charge in [0.1, 0.15) is 0 Å². The second-order valence-corrected chi connectivity index (χ2v) is 6.75. The molecule has 0 aliphatic rings. The number of rotatable bonds is 6. The molecule has 0 saturated carbocycles. The number of carboxylic acid groups (broad SMARTS) is 3. The van der Waals surface area contributed by atoms with Crippen LogP contribution in [0.4, 0.5) is 0 Å². The molecular weight excluding hydrogens is 312 g/mol. The van der Waals surface area contributed by atoms with Crippen molar-refractivity contribution < 1.29 is 29.7 Å². The number of benzene rings is 1. The highest BCUT2D eigenvalue weighted by Gasteiger charge is 2.35. The lowest BCUT2D eigenvalue weighted by Gasteiger charge is -2.27. The summed E-state index contributed by atoms with van der Waals surface area (Å²) in [5.41, 5.74) is -0.0233. The molecule has 6 heteroatoms. The van der Waals surface area contributed by atoms with E-state index in [1.807, 2.05) is 0 Å². The van der Waals surface area contributed by atoms with E-state index in [2.05, 4.69) is 0 Å². The Kier molecular flexibility index (Phi) is 5.76.